The average molecular weight is 261 g/mol. The minimum Gasteiger partial charge on any atom is -0.350 e. The number of pyridine rings is 1. The molecule has 2 atom stereocenters. The van der Waals surface area contributed by atoms with Crippen LogP contribution in [0.2, 0.25) is 0 Å². The number of amides is 1. The highest BCUT2D eigenvalue weighted by atomic mass is 16.1. The van der Waals surface area contributed by atoms with Crippen molar-refractivity contribution >= 4 is 5.91 Å². The molecule has 0 bridgehead atoms. The van der Waals surface area contributed by atoms with Gasteiger partial charge in [-0.15, -0.1) is 0 Å². The van der Waals surface area contributed by atoms with Gasteiger partial charge < -0.3 is 11.1 Å². The molecule has 1 aliphatic rings. The zero-order chi connectivity index (χ0) is 13.7. The number of aryl methyl sites for hydroxylation is 1. The summed E-state index contributed by atoms with van der Waals surface area (Å²) in [6.45, 7) is 3.14. The van der Waals surface area contributed by atoms with E-state index in [-0.39, 0.29) is 11.8 Å². The molecular weight excluding hydrogens is 238 g/mol. The predicted molar refractivity (Wildman–Crippen MR) is 75.3 cm³/mol. The van der Waals surface area contributed by atoms with Crippen molar-refractivity contribution < 1.29 is 4.79 Å². The summed E-state index contributed by atoms with van der Waals surface area (Å²) in [5, 5.41) is 3.02. The highest BCUT2D eigenvalue weighted by molar-refractivity contribution is 5.79. The Balaban J connectivity index is 1.92. The van der Waals surface area contributed by atoms with Gasteiger partial charge in [-0.05, 0) is 43.9 Å². The lowest BCUT2D eigenvalue weighted by molar-refractivity contribution is -0.127. The number of nitrogens with zero attached hydrogens (tertiary/aromatic N) is 1. The second-order valence-electron chi connectivity index (χ2n) is 5.37. The molecule has 19 heavy (non-hydrogen) atoms. The summed E-state index contributed by atoms with van der Waals surface area (Å²) in [7, 11) is 0. The van der Waals surface area contributed by atoms with Gasteiger partial charge >= 0.3 is 0 Å². The third kappa shape index (κ3) is 3.53. The molecule has 3 N–H and O–H groups in total. The molecule has 1 amide bonds. The van der Waals surface area contributed by atoms with Gasteiger partial charge in [-0.1, -0.05) is 18.9 Å². The van der Waals surface area contributed by atoms with Crippen LogP contribution in [0.25, 0.3) is 0 Å². The fourth-order valence-electron chi connectivity index (χ4n) is 2.84. The molecule has 1 saturated carbocycles. The number of nitrogens with two attached hydrogens (primary N) is 1. The molecule has 104 valence electrons. The number of hydrogen-bond acceptors (Lipinski definition) is 3. The summed E-state index contributed by atoms with van der Waals surface area (Å²) in [6, 6.07) is 3.92. The van der Waals surface area contributed by atoms with Gasteiger partial charge in [0.05, 0.1) is 12.2 Å². The van der Waals surface area contributed by atoms with Crippen molar-refractivity contribution in [2.75, 3.05) is 6.54 Å². The third-order valence-corrected chi connectivity index (χ3v) is 4.10. The number of nitrogens with one attached hydrogen (secondary N) is 1. The first-order chi connectivity index (χ1) is 9.22. The van der Waals surface area contributed by atoms with Crippen molar-refractivity contribution in [1.82, 2.24) is 10.3 Å². The molecule has 0 radical (unpaired) electrons. The summed E-state index contributed by atoms with van der Waals surface area (Å²) in [5.41, 5.74) is 7.82. The van der Waals surface area contributed by atoms with E-state index in [0.717, 1.165) is 30.5 Å². The van der Waals surface area contributed by atoms with Gasteiger partial charge in [-0.2, -0.15) is 0 Å². The fraction of sp³-hybridized carbons (Fsp3) is 0.600. The van der Waals surface area contributed by atoms with Gasteiger partial charge in [0.1, 0.15) is 0 Å². The largest absolute Gasteiger partial charge is 0.350 e. The SMILES string of the molecule is Cc1cccnc1CNC(=O)C1CCCCC1CN. The Bertz CT molecular complexity index is 433. The fourth-order valence-corrected chi connectivity index (χ4v) is 2.84. The van der Waals surface area contributed by atoms with Gasteiger partial charge in [-0.3, -0.25) is 9.78 Å². The van der Waals surface area contributed by atoms with Gasteiger partial charge in [0.15, 0.2) is 0 Å². The van der Waals surface area contributed by atoms with Crippen LogP contribution < -0.4 is 11.1 Å². The van der Waals surface area contributed by atoms with Crippen molar-refractivity contribution in [3.63, 3.8) is 0 Å². The van der Waals surface area contributed by atoms with E-state index in [9.17, 15) is 4.79 Å². The molecule has 2 unspecified atom stereocenters. The second kappa shape index (κ2) is 6.66. The molecule has 4 heteroatoms. The lowest BCUT2D eigenvalue weighted by Crippen LogP contribution is -2.39. The van der Waals surface area contributed by atoms with Crippen LogP contribution in [0.5, 0.6) is 0 Å². The Kier molecular flexibility index (Phi) is 4.91. The summed E-state index contributed by atoms with van der Waals surface area (Å²) >= 11 is 0. The topological polar surface area (TPSA) is 68.0 Å². The van der Waals surface area contributed by atoms with Crippen LogP contribution >= 0.6 is 0 Å². The Hall–Kier alpha value is -1.42. The van der Waals surface area contributed by atoms with E-state index in [1.807, 2.05) is 19.1 Å². The van der Waals surface area contributed by atoms with Crippen molar-refractivity contribution in [2.24, 2.45) is 17.6 Å². The maximum absolute atomic E-state index is 12.3. The van der Waals surface area contributed by atoms with Crippen LogP contribution in [0, 0.1) is 18.8 Å². The standard InChI is InChI=1S/C15H23N3O/c1-11-5-4-8-17-14(11)10-18-15(19)13-7-3-2-6-12(13)9-16/h4-5,8,12-13H,2-3,6-7,9-10,16H2,1H3,(H,18,19). The average Bonchev–Trinajstić information content (AvgIpc) is 2.46. The van der Waals surface area contributed by atoms with E-state index in [1.54, 1.807) is 6.20 Å². The smallest absolute Gasteiger partial charge is 0.223 e. The molecule has 0 saturated heterocycles. The van der Waals surface area contributed by atoms with E-state index >= 15 is 0 Å². The predicted octanol–water partition coefficient (Wildman–Crippen LogP) is 1.77. The number of aromatic nitrogens is 1. The van der Waals surface area contributed by atoms with E-state index in [0.29, 0.717) is 19.0 Å². The summed E-state index contributed by atoms with van der Waals surface area (Å²) in [6.07, 6.45) is 6.14. The van der Waals surface area contributed by atoms with Crippen LogP contribution in [-0.4, -0.2) is 17.4 Å². The molecule has 4 nitrogen and oxygen atoms in total. The van der Waals surface area contributed by atoms with E-state index in [2.05, 4.69) is 10.3 Å². The molecular formula is C15H23N3O. The zero-order valence-electron chi connectivity index (χ0n) is 11.6. The van der Waals surface area contributed by atoms with Crippen LogP contribution in [-0.2, 0) is 11.3 Å². The summed E-state index contributed by atoms with van der Waals surface area (Å²) in [4.78, 5) is 16.6. The number of hydrogen-bond donors (Lipinski definition) is 2. The van der Waals surface area contributed by atoms with Gasteiger partial charge in [0.25, 0.3) is 0 Å². The number of carbonyl (C=O) groups excluding carboxylic acids is 1. The Morgan fingerprint density at radius 2 is 2.26 bits per heavy atom. The second-order valence-corrected chi connectivity index (χ2v) is 5.37. The highest BCUT2D eigenvalue weighted by Crippen LogP contribution is 2.29. The number of rotatable bonds is 4. The molecule has 2 rings (SSSR count). The third-order valence-electron chi connectivity index (χ3n) is 4.10. The first-order valence-corrected chi connectivity index (χ1v) is 7.10. The Morgan fingerprint density at radius 1 is 1.47 bits per heavy atom. The maximum Gasteiger partial charge on any atom is 0.223 e. The Labute approximate surface area is 114 Å². The summed E-state index contributed by atoms with van der Waals surface area (Å²) < 4.78 is 0. The minimum atomic E-state index is 0.0859. The summed E-state index contributed by atoms with van der Waals surface area (Å²) in [5.74, 6) is 0.571. The Morgan fingerprint density at radius 3 is 3.00 bits per heavy atom. The van der Waals surface area contributed by atoms with Crippen molar-refractivity contribution in [3.8, 4) is 0 Å². The minimum absolute atomic E-state index is 0.0859. The van der Waals surface area contributed by atoms with E-state index in [4.69, 9.17) is 5.73 Å². The molecule has 1 heterocycles. The van der Waals surface area contributed by atoms with E-state index < -0.39 is 0 Å². The molecule has 0 aromatic carbocycles. The maximum atomic E-state index is 12.3. The van der Waals surface area contributed by atoms with E-state index in [1.165, 1.54) is 6.42 Å². The van der Waals surface area contributed by atoms with Crippen LogP contribution in [0.4, 0.5) is 0 Å². The molecule has 1 aromatic heterocycles. The van der Waals surface area contributed by atoms with Gasteiger partial charge in [0, 0.05) is 12.1 Å². The lowest BCUT2D eigenvalue weighted by Gasteiger charge is -2.29. The molecule has 1 fully saturated rings. The molecule has 0 aliphatic heterocycles. The van der Waals surface area contributed by atoms with Crippen molar-refractivity contribution in [1.29, 1.82) is 0 Å². The van der Waals surface area contributed by atoms with Crippen LogP contribution in [0.1, 0.15) is 36.9 Å². The first kappa shape index (κ1) is 14.0. The molecule has 1 aliphatic carbocycles. The quantitative estimate of drug-likeness (QED) is 0.868. The highest BCUT2D eigenvalue weighted by Gasteiger charge is 2.29. The number of carbonyl (C=O) groups is 1. The first-order valence-electron chi connectivity index (χ1n) is 7.10. The molecule has 1 aromatic rings. The van der Waals surface area contributed by atoms with Crippen LogP contribution in [0.3, 0.4) is 0 Å². The normalized spacial score (nSPS) is 23.1. The van der Waals surface area contributed by atoms with Crippen LogP contribution in [0.15, 0.2) is 18.3 Å². The molecule has 0 spiro atoms. The zero-order valence-corrected chi connectivity index (χ0v) is 11.6. The monoisotopic (exact) mass is 261 g/mol. The van der Waals surface area contributed by atoms with Crippen molar-refractivity contribution in [3.05, 3.63) is 29.6 Å². The van der Waals surface area contributed by atoms with Gasteiger partial charge in [0.2, 0.25) is 5.91 Å². The van der Waals surface area contributed by atoms with Crippen molar-refractivity contribution in [2.45, 2.75) is 39.2 Å². The lowest BCUT2D eigenvalue weighted by atomic mass is 9.79. The van der Waals surface area contributed by atoms with Gasteiger partial charge in [-0.25, -0.2) is 0 Å².